The Bertz CT molecular complexity index is 569. The molecular formula is C16H17NO4. The number of fused-ring (bicyclic) bond motifs is 2. The number of amides is 1. The molecule has 2 N–H and O–H groups in total. The lowest BCUT2D eigenvalue weighted by molar-refractivity contribution is -0.146. The summed E-state index contributed by atoms with van der Waals surface area (Å²) in [5.41, 5.74) is 1.14. The van der Waals surface area contributed by atoms with E-state index in [2.05, 4.69) is 5.32 Å². The fourth-order valence-electron chi connectivity index (χ4n) is 3.01. The van der Waals surface area contributed by atoms with E-state index in [1.54, 1.807) is 12.2 Å². The Hall–Kier alpha value is -2.14. The summed E-state index contributed by atoms with van der Waals surface area (Å²) in [6.07, 6.45) is 3.36. The van der Waals surface area contributed by atoms with E-state index >= 15 is 0 Å². The number of nitrogens with one attached hydrogen (secondary N) is 1. The van der Waals surface area contributed by atoms with Gasteiger partial charge in [0.05, 0.1) is 18.1 Å². The highest BCUT2D eigenvalue weighted by Gasteiger charge is 2.53. The fraction of sp³-hybridized carbons (Fsp3) is 0.375. The molecule has 2 heterocycles. The molecule has 1 amide bonds. The summed E-state index contributed by atoms with van der Waals surface area (Å²) < 4.78 is 5.49. The molecule has 3 rings (SSSR count). The van der Waals surface area contributed by atoms with Crippen LogP contribution in [0.1, 0.15) is 5.56 Å². The fourth-order valence-corrected chi connectivity index (χ4v) is 3.01. The zero-order chi connectivity index (χ0) is 14.8. The van der Waals surface area contributed by atoms with Crippen LogP contribution in [0.2, 0.25) is 0 Å². The van der Waals surface area contributed by atoms with E-state index in [-0.39, 0.29) is 5.91 Å². The van der Waals surface area contributed by atoms with Gasteiger partial charge in [0, 0.05) is 6.54 Å². The van der Waals surface area contributed by atoms with Crippen LogP contribution >= 0.6 is 0 Å². The van der Waals surface area contributed by atoms with Crippen LogP contribution in [0.15, 0.2) is 42.5 Å². The summed E-state index contributed by atoms with van der Waals surface area (Å²) >= 11 is 0. The van der Waals surface area contributed by atoms with Crippen LogP contribution in [0.3, 0.4) is 0 Å². The summed E-state index contributed by atoms with van der Waals surface area (Å²) in [6.45, 7) is 0.493. The van der Waals surface area contributed by atoms with Crippen LogP contribution in [-0.2, 0) is 20.7 Å². The molecule has 1 aromatic carbocycles. The number of benzene rings is 1. The van der Waals surface area contributed by atoms with Gasteiger partial charge in [0.25, 0.3) is 0 Å². The maximum Gasteiger partial charge on any atom is 0.310 e. The van der Waals surface area contributed by atoms with Crippen LogP contribution in [-0.4, -0.2) is 35.7 Å². The highest BCUT2D eigenvalue weighted by Crippen LogP contribution is 2.39. The van der Waals surface area contributed by atoms with Crippen LogP contribution in [0, 0.1) is 11.8 Å². The van der Waals surface area contributed by atoms with E-state index in [1.807, 2.05) is 30.3 Å². The van der Waals surface area contributed by atoms with E-state index in [0.29, 0.717) is 6.54 Å². The Balaban J connectivity index is 1.58. The number of rotatable bonds is 5. The topological polar surface area (TPSA) is 75.6 Å². The maximum absolute atomic E-state index is 12.3. The molecule has 5 nitrogen and oxygen atoms in total. The number of aliphatic carboxylic acids is 1. The summed E-state index contributed by atoms with van der Waals surface area (Å²) in [6, 6.07) is 9.84. The zero-order valence-corrected chi connectivity index (χ0v) is 11.4. The molecule has 0 aliphatic carbocycles. The Morgan fingerprint density at radius 2 is 1.76 bits per heavy atom. The normalized spacial score (nSPS) is 29.5. The van der Waals surface area contributed by atoms with Gasteiger partial charge in [-0.05, 0) is 12.0 Å². The van der Waals surface area contributed by atoms with Gasteiger partial charge in [-0.2, -0.15) is 0 Å². The minimum Gasteiger partial charge on any atom is -0.481 e. The van der Waals surface area contributed by atoms with Gasteiger partial charge < -0.3 is 15.2 Å². The van der Waals surface area contributed by atoms with Crippen LogP contribution in [0.4, 0.5) is 0 Å². The van der Waals surface area contributed by atoms with E-state index in [9.17, 15) is 14.7 Å². The van der Waals surface area contributed by atoms with Crippen molar-refractivity contribution in [1.29, 1.82) is 0 Å². The average Bonchev–Trinajstić information content (AvgIpc) is 3.08. The molecule has 2 aliphatic heterocycles. The summed E-state index contributed by atoms with van der Waals surface area (Å²) in [4.78, 5) is 23.6. The van der Waals surface area contributed by atoms with Gasteiger partial charge in [-0.25, -0.2) is 0 Å². The van der Waals surface area contributed by atoms with Gasteiger partial charge in [0.2, 0.25) is 5.91 Å². The Morgan fingerprint density at radius 3 is 2.43 bits per heavy atom. The Morgan fingerprint density at radius 1 is 1.10 bits per heavy atom. The smallest absolute Gasteiger partial charge is 0.310 e. The van der Waals surface area contributed by atoms with Gasteiger partial charge in [-0.15, -0.1) is 0 Å². The maximum atomic E-state index is 12.3. The van der Waals surface area contributed by atoms with Crippen molar-refractivity contribution < 1.29 is 19.4 Å². The molecule has 0 unspecified atom stereocenters. The lowest BCUT2D eigenvalue weighted by Crippen LogP contribution is -2.43. The third kappa shape index (κ3) is 2.69. The Labute approximate surface area is 122 Å². The molecule has 2 aliphatic rings. The van der Waals surface area contributed by atoms with Crippen LogP contribution in [0.5, 0.6) is 0 Å². The molecule has 0 saturated carbocycles. The molecule has 4 atom stereocenters. The molecule has 1 saturated heterocycles. The minimum absolute atomic E-state index is 0.241. The van der Waals surface area contributed by atoms with Crippen LogP contribution in [0.25, 0.3) is 0 Å². The molecule has 1 aromatic rings. The third-order valence-electron chi connectivity index (χ3n) is 4.04. The molecule has 0 radical (unpaired) electrons. The first-order valence-corrected chi connectivity index (χ1v) is 7.05. The van der Waals surface area contributed by atoms with E-state index in [1.165, 1.54) is 0 Å². The highest BCUT2D eigenvalue weighted by atomic mass is 16.5. The van der Waals surface area contributed by atoms with Gasteiger partial charge >= 0.3 is 5.97 Å². The first-order valence-electron chi connectivity index (χ1n) is 7.05. The predicted molar refractivity (Wildman–Crippen MR) is 75.6 cm³/mol. The van der Waals surface area contributed by atoms with Crippen molar-refractivity contribution in [1.82, 2.24) is 5.32 Å². The van der Waals surface area contributed by atoms with Gasteiger partial charge in [0.15, 0.2) is 0 Å². The SMILES string of the molecule is O=C(O)[C@@H]1[C@H](C(=O)NCCc2ccccc2)[C@H]2C=C[C@@H]1O2. The number of carbonyl (C=O) groups excluding carboxylic acids is 1. The summed E-state index contributed by atoms with van der Waals surface area (Å²) in [5, 5.41) is 12.1. The van der Waals surface area contributed by atoms with E-state index < -0.39 is 30.0 Å². The number of hydrogen-bond acceptors (Lipinski definition) is 3. The highest BCUT2D eigenvalue weighted by molar-refractivity contribution is 5.87. The first-order chi connectivity index (χ1) is 10.2. The number of carboxylic acids is 1. The summed E-state index contributed by atoms with van der Waals surface area (Å²) in [7, 11) is 0. The Kier molecular flexibility index (Phi) is 3.75. The molecule has 110 valence electrons. The minimum atomic E-state index is -0.977. The molecule has 2 bridgehead atoms. The van der Waals surface area contributed by atoms with Crippen molar-refractivity contribution >= 4 is 11.9 Å². The van der Waals surface area contributed by atoms with Crippen molar-refractivity contribution in [2.24, 2.45) is 11.8 Å². The zero-order valence-electron chi connectivity index (χ0n) is 11.4. The second kappa shape index (κ2) is 5.69. The number of carbonyl (C=O) groups is 2. The quantitative estimate of drug-likeness (QED) is 0.792. The molecule has 0 spiro atoms. The monoisotopic (exact) mass is 287 g/mol. The molecule has 0 aromatic heterocycles. The van der Waals surface area contributed by atoms with Crippen molar-refractivity contribution in [3.63, 3.8) is 0 Å². The summed E-state index contributed by atoms with van der Waals surface area (Å²) in [5.74, 6) is -2.63. The van der Waals surface area contributed by atoms with Crippen molar-refractivity contribution in [2.45, 2.75) is 18.6 Å². The molecule has 1 fully saturated rings. The predicted octanol–water partition coefficient (Wildman–Crippen LogP) is 0.999. The second-order valence-electron chi connectivity index (χ2n) is 5.37. The first kappa shape index (κ1) is 13.8. The lowest BCUT2D eigenvalue weighted by atomic mass is 9.82. The second-order valence-corrected chi connectivity index (χ2v) is 5.37. The molecule has 21 heavy (non-hydrogen) atoms. The number of carboxylic acid groups (broad SMARTS) is 1. The van der Waals surface area contributed by atoms with Crippen LogP contribution < -0.4 is 5.32 Å². The number of ether oxygens (including phenoxy) is 1. The van der Waals surface area contributed by atoms with E-state index in [0.717, 1.165) is 12.0 Å². The van der Waals surface area contributed by atoms with Gasteiger partial charge in [0.1, 0.15) is 5.92 Å². The number of hydrogen-bond donors (Lipinski definition) is 2. The standard InChI is InChI=1S/C16H17NO4/c18-15(17-9-8-10-4-2-1-3-5-10)13-11-6-7-12(21-11)14(13)16(19)20/h1-7,11-14H,8-9H2,(H,17,18)(H,19,20)/t11-,12+,13-,14+/m1/s1. The molecule has 5 heteroatoms. The van der Waals surface area contributed by atoms with Crippen molar-refractivity contribution in [3.8, 4) is 0 Å². The van der Waals surface area contributed by atoms with Crippen molar-refractivity contribution in [2.75, 3.05) is 6.54 Å². The van der Waals surface area contributed by atoms with Gasteiger partial charge in [-0.3, -0.25) is 9.59 Å². The van der Waals surface area contributed by atoms with E-state index in [4.69, 9.17) is 4.74 Å². The third-order valence-corrected chi connectivity index (χ3v) is 4.04. The largest absolute Gasteiger partial charge is 0.481 e. The molecular weight excluding hydrogens is 270 g/mol. The average molecular weight is 287 g/mol. The van der Waals surface area contributed by atoms with Crippen molar-refractivity contribution in [3.05, 3.63) is 48.0 Å². The van der Waals surface area contributed by atoms with Gasteiger partial charge in [-0.1, -0.05) is 42.5 Å². The lowest BCUT2D eigenvalue weighted by Gasteiger charge is -2.20.